The average molecular weight is 364 g/mol. The number of aliphatic imine (C=N–C) groups is 1. The number of nitrogens with zero attached hydrogens (tertiary/aromatic N) is 2. The van der Waals surface area contributed by atoms with E-state index in [0.717, 1.165) is 47.7 Å². The van der Waals surface area contributed by atoms with Crippen molar-refractivity contribution in [1.82, 2.24) is 0 Å². The fraction of sp³-hybridized carbons (Fsp3) is 0.190. The Morgan fingerprint density at radius 1 is 0.885 bits per heavy atom. The van der Waals surface area contributed by atoms with Crippen LogP contribution in [-0.2, 0) is 4.74 Å². The molecule has 3 aromatic rings. The van der Waals surface area contributed by atoms with Gasteiger partial charge < -0.3 is 14.1 Å². The minimum absolute atomic E-state index is 0.751. The van der Waals surface area contributed by atoms with Crippen LogP contribution in [0.1, 0.15) is 5.76 Å². The second-order valence-electron chi connectivity index (χ2n) is 5.95. The van der Waals surface area contributed by atoms with Gasteiger partial charge in [-0.05, 0) is 48.5 Å². The van der Waals surface area contributed by atoms with Gasteiger partial charge in [0.2, 0.25) is 0 Å². The first kappa shape index (κ1) is 16.9. The second-order valence-corrected chi connectivity index (χ2v) is 7.02. The zero-order valence-corrected chi connectivity index (χ0v) is 15.2. The van der Waals surface area contributed by atoms with Gasteiger partial charge in [0.05, 0.1) is 25.1 Å². The molecule has 1 aliphatic rings. The summed E-state index contributed by atoms with van der Waals surface area (Å²) in [6.07, 6.45) is 1.76. The van der Waals surface area contributed by atoms with Crippen LogP contribution in [0.4, 0.5) is 11.4 Å². The van der Waals surface area contributed by atoms with Gasteiger partial charge in [-0.1, -0.05) is 30.0 Å². The molecule has 26 heavy (non-hydrogen) atoms. The van der Waals surface area contributed by atoms with Crippen molar-refractivity contribution in [1.29, 1.82) is 0 Å². The van der Waals surface area contributed by atoms with E-state index < -0.39 is 0 Å². The summed E-state index contributed by atoms with van der Waals surface area (Å²) in [7, 11) is 0. The van der Waals surface area contributed by atoms with Crippen molar-refractivity contribution in [2.24, 2.45) is 4.99 Å². The summed E-state index contributed by atoms with van der Waals surface area (Å²) in [4.78, 5) is 8.00. The highest BCUT2D eigenvalue weighted by atomic mass is 32.2. The van der Waals surface area contributed by atoms with Gasteiger partial charge in [0, 0.05) is 23.7 Å². The number of benzene rings is 2. The predicted octanol–water partition coefficient (Wildman–Crippen LogP) is 5.02. The van der Waals surface area contributed by atoms with E-state index >= 15 is 0 Å². The van der Waals surface area contributed by atoms with Gasteiger partial charge in [-0.3, -0.25) is 4.99 Å². The molecular formula is C21H20N2O2S. The minimum atomic E-state index is 0.751. The molecule has 0 spiro atoms. The van der Waals surface area contributed by atoms with Crippen LogP contribution in [0.5, 0.6) is 0 Å². The molecule has 0 saturated carbocycles. The number of morpholine rings is 1. The Morgan fingerprint density at radius 2 is 1.65 bits per heavy atom. The standard InChI is InChI=1S/C21H20N2O2S/c1-2-4-20(5-3-1)26-21-11-10-19(25-21)16-22-17-6-8-18(9-7-17)23-12-14-24-15-13-23/h1-11,16H,12-15H2. The van der Waals surface area contributed by atoms with E-state index in [9.17, 15) is 0 Å². The average Bonchev–Trinajstić information content (AvgIpc) is 3.16. The molecule has 0 unspecified atom stereocenters. The Kier molecular flexibility index (Phi) is 5.38. The lowest BCUT2D eigenvalue weighted by Crippen LogP contribution is -2.36. The predicted molar refractivity (Wildman–Crippen MR) is 106 cm³/mol. The molecule has 0 amide bonds. The Labute approximate surface area is 157 Å². The number of hydrogen-bond acceptors (Lipinski definition) is 5. The summed E-state index contributed by atoms with van der Waals surface area (Å²) in [5, 5.41) is 0.861. The molecule has 2 heterocycles. The molecule has 0 N–H and O–H groups in total. The SMILES string of the molecule is C(=Nc1ccc(N2CCOCC2)cc1)c1ccc(Sc2ccccc2)o1. The first-order chi connectivity index (χ1) is 12.9. The van der Waals surface area contributed by atoms with Gasteiger partial charge in [0.25, 0.3) is 0 Å². The number of furan rings is 1. The number of hydrogen-bond donors (Lipinski definition) is 0. The van der Waals surface area contributed by atoms with Crippen LogP contribution in [0.2, 0.25) is 0 Å². The highest BCUT2D eigenvalue weighted by Crippen LogP contribution is 2.28. The molecular weight excluding hydrogens is 344 g/mol. The van der Waals surface area contributed by atoms with Crippen molar-refractivity contribution in [3.63, 3.8) is 0 Å². The third kappa shape index (κ3) is 4.36. The summed E-state index contributed by atoms with van der Waals surface area (Å²) in [5.41, 5.74) is 2.13. The molecule has 4 nitrogen and oxygen atoms in total. The molecule has 0 bridgehead atoms. The Morgan fingerprint density at radius 3 is 2.42 bits per heavy atom. The molecule has 1 saturated heterocycles. The first-order valence-electron chi connectivity index (χ1n) is 8.66. The molecule has 1 fully saturated rings. The maximum atomic E-state index is 5.82. The van der Waals surface area contributed by atoms with Gasteiger partial charge >= 0.3 is 0 Å². The molecule has 4 rings (SSSR count). The highest BCUT2D eigenvalue weighted by Gasteiger charge is 2.10. The van der Waals surface area contributed by atoms with Crippen LogP contribution in [0, 0.1) is 0 Å². The van der Waals surface area contributed by atoms with Crippen molar-refractivity contribution in [2.45, 2.75) is 9.99 Å². The summed E-state index contributed by atoms with van der Waals surface area (Å²) >= 11 is 1.60. The number of ether oxygens (including phenoxy) is 1. The fourth-order valence-corrected chi connectivity index (χ4v) is 3.57. The molecule has 5 heteroatoms. The van der Waals surface area contributed by atoms with E-state index in [1.165, 1.54) is 5.69 Å². The van der Waals surface area contributed by atoms with Gasteiger partial charge in [0.1, 0.15) is 5.76 Å². The van der Waals surface area contributed by atoms with Crippen molar-refractivity contribution in [2.75, 3.05) is 31.2 Å². The van der Waals surface area contributed by atoms with Crippen LogP contribution in [0.25, 0.3) is 0 Å². The summed E-state index contributed by atoms with van der Waals surface area (Å²) in [6, 6.07) is 22.4. The number of anilines is 1. The molecule has 1 aromatic heterocycles. The quantitative estimate of drug-likeness (QED) is 0.596. The van der Waals surface area contributed by atoms with Crippen LogP contribution in [0.15, 0.2) is 86.1 Å². The summed E-state index contributed by atoms with van der Waals surface area (Å²) in [5.74, 6) is 0.751. The normalized spacial score (nSPS) is 14.8. The van der Waals surface area contributed by atoms with Crippen molar-refractivity contribution in [3.8, 4) is 0 Å². The maximum absolute atomic E-state index is 5.82. The first-order valence-corrected chi connectivity index (χ1v) is 9.48. The molecule has 0 radical (unpaired) electrons. The highest BCUT2D eigenvalue weighted by molar-refractivity contribution is 7.99. The molecule has 0 atom stereocenters. The third-order valence-corrected chi connectivity index (χ3v) is 5.06. The smallest absolute Gasteiger partial charge is 0.165 e. The third-order valence-electron chi connectivity index (χ3n) is 4.13. The van der Waals surface area contributed by atoms with Crippen molar-refractivity contribution in [3.05, 3.63) is 72.5 Å². The summed E-state index contributed by atoms with van der Waals surface area (Å²) < 4.78 is 11.2. The van der Waals surface area contributed by atoms with Gasteiger partial charge in [0.15, 0.2) is 5.09 Å². The van der Waals surface area contributed by atoms with E-state index in [1.54, 1.807) is 18.0 Å². The van der Waals surface area contributed by atoms with E-state index in [2.05, 4.69) is 34.2 Å². The maximum Gasteiger partial charge on any atom is 0.165 e. The lowest BCUT2D eigenvalue weighted by molar-refractivity contribution is 0.122. The zero-order chi connectivity index (χ0) is 17.6. The molecule has 1 aliphatic heterocycles. The molecule has 0 aliphatic carbocycles. The largest absolute Gasteiger partial charge is 0.449 e. The van der Waals surface area contributed by atoms with E-state index in [0.29, 0.717) is 0 Å². The van der Waals surface area contributed by atoms with Gasteiger partial charge in [-0.2, -0.15) is 0 Å². The van der Waals surface area contributed by atoms with E-state index in [1.807, 2.05) is 42.5 Å². The Balaban J connectivity index is 1.38. The van der Waals surface area contributed by atoms with Crippen LogP contribution in [-0.4, -0.2) is 32.5 Å². The van der Waals surface area contributed by atoms with Crippen LogP contribution in [0.3, 0.4) is 0 Å². The summed E-state index contributed by atoms with van der Waals surface area (Å²) in [6.45, 7) is 3.47. The van der Waals surface area contributed by atoms with Gasteiger partial charge in [-0.15, -0.1) is 0 Å². The van der Waals surface area contributed by atoms with Crippen molar-refractivity contribution >= 4 is 29.4 Å². The van der Waals surface area contributed by atoms with Crippen molar-refractivity contribution < 1.29 is 9.15 Å². The molecule has 2 aromatic carbocycles. The Hall–Kier alpha value is -2.50. The van der Waals surface area contributed by atoms with E-state index in [-0.39, 0.29) is 0 Å². The monoisotopic (exact) mass is 364 g/mol. The second kappa shape index (κ2) is 8.25. The van der Waals surface area contributed by atoms with Crippen LogP contribution < -0.4 is 4.90 Å². The fourth-order valence-electron chi connectivity index (χ4n) is 2.77. The zero-order valence-electron chi connectivity index (χ0n) is 14.4. The Bertz CT molecular complexity index is 853. The van der Waals surface area contributed by atoms with Gasteiger partial charge in [-0.25, -0.2) is 0 Å². The lowest BCUT2D eigenvalue weighted by atomic mass is 10.2. The lowest BCUT2D eigenvalue weighted by Gasteiger charge is -2.28. The topological polar surface area (TPSA) is 38.0 Å². The number of rotatable bonds is 5. The molecule has 132 valence electrons. The minimum Gasteiger partial charge on any atom is -0.449 e. The van der Waals surface area contributed by atoms with E-state index in [4.69, 9.17) is 9.15 Å². The van der Waals surface area contributed by atoms with Crippen LogP contribution >= 0.6 is 11.8 Å².